The molecule has 5 N–H and O–H groups in total. The number of carboxylic acids is 2. The fraction of sp³-hybridized carbons (Fsp3) is 0.833. The van der Waals surface area contributed by atoms with E-state index in [0.717, 1.165) is 51.4 Å². The van der Waals surface area contributed by atoms with Crippen LogP contribution in [-0.4, -0.2) is 58.5 Å². The molecule has 0 heterocycles. The first kappa shape index (κ1) is 27.2. The van der Waals surface area contributed by atoms with Crippen molar-refractivity contribution in [1.82, 2.24) is 0 Å². The first-order valence-corrected chi connectivity index (χ1v) is 12.0. The molecule has 0 bridgehead atoms. The van der Waals surface area contributed by atoms with Crippen LogP contribution >= 0.6 is 0 Å². The molecule has 0 aliphatic heterocycles. The first-order chi connectivity index (χ1) is 15.5. The number of Topliss-reactive ketones (excluding diaryl/α,β-unsaturated/α-hetero) is 1. The molecule has 0 radical (unpaired) electrons. The number of nitrogens with two attached hydrogens (primary N) is 1. The normalized spacial score (nSPS) is 36.7. The van der Waals surface area contributed by atoms with Gasteiger partial charge in [0, 0.05) is 24.1 Å². The van der Waals surface area contributed by atoms with Crippen molar-refractivity contribution in [3.8, 4) is 0 Å². The van der Waals surface area contributed by atoms with Gasteiger partial charge in [0.2, 0.25) is 0 Å². The highest BCUT2D eigenvalue weighted by Gasteiger charge is 2.57. The second-order valence-electron chi connectivity index (χ2n) is 10.4. The van der Waals surface area contributed by atoms with E-state index in [1.165, 1.54) is 0 Å². The number of rotatable bonds is 6. The summed E-state index contributed by atoms with van der Waals surface area (Å²) in [5.74, 6) is -1.62. The van der Waals surface area contributed by atoms with E-state index >= 15 is 0 Å². The molecule has 0 aromatic rings. The maximum atomic E-state index is 13.6. The summed E-state index contributed by atoms with van der Waals surface area (Å²) in [6, 6.07) is 0. The molecule has 0 spiro atoms. The van der Waals surface area contributed by atoms with Gasteiger partial charge in [-0.3, -0.25) is 4.79 Å². The van der Waals surface area contributed by atoms with E-state index in [9.17, 15) is 9.90 Å². The third-order valence-corrected chi connectivity index (χ3v) is 8.63. The van der Waals surface area contributed by atoms with Gasteiger partial charge in [-0.25, -0.2) is 9.59 Å². The summed E-state index contributed by atoms with van der Waals surface area (Å²) in [5, 5.41) is 28.9. The Balaban J connectivity index is 0.000000569. The number of oxime groups is 1. The molecule has 0 aromatic carbocycles. The topological polar surface area (TPSA) is 160 Å². The highest BCUT2D eigenvalue weighted by Crippen LogP contribution is 2.61. The molecule has 0 amide bonds. The van der Waals surface area contributed by atoms with Crippen molar-refractivity contribution >= 4 is 23.9 Å². The number of aliphatic hydroxyl groups excluding tert-OH is 1. The minimum Gasteiger partial charge on any atom is -0.473 e. The van der Waals surface area contributed by atoms with Crippen LogP contribution in [0.15, 0.2) is 5.16 Å². The molecule has 188 valence electrons. The smallest absolute Gasteiger partial charge is 0.414 e. The molecule has 0 saturated heterocycles. The summed E-state index contributed by atoms with van der Waals surface area (Å²) in [6.45, 7) is 7.64. The quantitative estimate of drug-likeness (QED) is 0.200. The van der Waals surface area contributed by atoms with Crippen molar-refractivity contribution in [3.63, 3.8) is 0 Å². The van der Waals surface area contributed by atoms with Crippen molar-refractivity contribution in [2.45, 2.75) is 78.2 Å². The fourth-order valence-electron chi connectivity index (χ4n) is 6.33. The Morgan fingerprint density at radius 2 is 1.85 bits per heavy atom. The van der Waals surface area contributed by atoms with Crippen molar-refractivity contribution < 1.29 is 34.5 Å². The zero-order valence-corrected chi connectivity index (χ0v) is 20.0. The zero-order chi connectivity index (χ0) is 24.8. The lowest BCUT2D eigenvalue weighted by atomic mass is 9.46. The lowest BCUT2D eigenvalue weighted by molar-refractivity contribution is -0.159. The molecule has 0 unspecified atom stereocenters. The minimum atomic E-state index is -1.82. The Hall–Kier alpha value is -2.00. The molecule has 33 heavy (non-hydrogen) atoms. The van der Waals surface area contributed by atoms with E-state index in [1.54, 1.807) is 6.21 Å². The Morgan fingerprint density at radius 3 is 2.45 bits per heavy atom. The molecule has 3 saturated carbocycles. The first-order valence-electron chi connectivity index (χ1n) is 12.0. The summed E-state index contributed by atoms with van der Waals surface area (Å²) < 4.78 is 0. The summed E-state index contributed by atoms with van der Waals surface area (Å²) in [4.78, 5) is 36.9. The number of carbonyl (C=O) groups is 3. The maximum absolute atomic E-state index is 13.6. The zero-order valence-electron chi connectivity index (χ0n) is 20.0. The average Bonchev–Trinajstić information content (AvgIpc) is 2.76. The number of nitrogens with zero attached hydrogens (tertiary/aromatic N) is 1. The van der Waals surface area contributed by atoms with Gasteiger partial charge in [0.25, 0.3) is 0 Å². The predicted octanol–water partition coefficient (Wildman–Crippen LogP) is 2.69. The fourth-order valence-corrected chi connectivity index (χ4v) is 6.33. The van der Waals surface area contributed by atoms with Gasteiger partial charge in [-0.05, 0) is 74.5 Å². The van der Waals surface area contributed by atoms with Gasteiger partial charge in [-0.1, -0.05) is 25.9 Å². The Morgan fingerprint density at radius 1 is 1.18 bits per heavy atom. The van der Waals surface area contributed by atoms with Crippen LogP contribution in [0.4, 0.5) is 0 Å². The molecule has 0 aromatic heterocycles. The maximum Gasteiger partial charge on any atom is 0.414 e. The average molecular weight is 469 g/mol. The lowest BCUT2D eigenvalue weighted by Gasteiger charge is -2.58. The third-order valence-electron chi connectivity index (χ3n) is 8.63. The van der Waals surface area contributed by atoms with Crippen LogP contribution in [-0.2, 0) is 19.2 Å². The van der Waals surface area contributed by atoms with Crippen LogP contribution in [0.5, 0.6) is 0 Å². The van der Waals surface area contributed by atoms with Gasteiger partial charge in [0.05, 0.1) is 6.10 Å². The number of hydrogen-bond donors (Lipinski definition) is 4. The number of carboxylic acid groups (broad SMARTS) is 2. The summed E-state index contributed by atoms with van der Waals surface area (Å²) in [6.07, 6.45) is 9.54. The lowest BCUT2D eigenvalue weighted by Crippen LogP contribution is -2.55. The van der Waals surface area contributed by atoms with Crippen LogP contribution in [0.3, 0.4) is 0 Å². The van der Waals surface area contributed by atoms with E-state index < -0.39 is 11.9 Å². The molecule has 7 atom stereocenters. The Labute approximate surface area is 195 Å². The van der Waals surface area contributed by atoms with Crippen LogP contribution in [0.2, 0.25) is 0 Å². The molecule has 3 aliphatic rings. The molecule has 3 fully saturated rings. The number of aliphatic hydroxyl groups is 1. The Kier molecular flexibility index (Phi) is 9.43. The number of carbonyl (C=O) groups excluding carboxylic acids is 1. The monoisotopic (exact) mass is 468 g/mol. The molecule has 3 rings (SSSR count). The van der Waals surface area contributed by atoms with Crippen LogP contribution in [0, 0.1) is 34.5 Å². The SMILES string of the molecule is C[C@@H](C/C=N/OCCN)[C@@]1(C)CC[C@H]2[C@@H](CC[C@@H]3C[C@@H](O)CC[C@@]32C)C1=O.O=C(O)C(=O)O. The standard InChI is InChI=1S/C22H38N2O3.C2H2O4/c1-15(8-12-24-27-13-11-23)21(2)10-7-19-18(20(21)26)5-4-16-14-17(25)6-9-22(16,19)3;3-1(4)2(5)6/h12,15-19,25H,4-11,13-14,23H2,1-3H3;(H,3,4)(H,5,6)/b24-12+;/t15-,16+,17-,18+,19-,21+,22-;/m0./s1. The highest BCUT2D eigenvalue weighted by atomic mass is 16.6. The number of hydrogen-bond acceptors (Lipinski definition) is 7. The predicted molar refractivity (Wildman–Crippen MR) is 123 cm³/mol. The molecule has 3 aliphatic carbocycles. The largest absolute Gasteiger partial charge is 0.473 e. The second-order valence-corrected chi connectivity index (χ2v) is 10.4. The van der Waals surface area contributed by atoms with Crippen LogP contribution < -0.4 is 5.73 Å². The van der Waals surface area contributed by atoms with Gasteiger partial charge in [-0.15, -0.1) is 0 Å². The van der Waals surface area contributed by atoms with Crippen LogP contribution in [0.1, 0.15) is 72.1 Å². The van der Waals surface area contributed by atoms with Crippen molar-refractivity contribution in [2.75, 3.05) is 13.2 Å². The van der Waals surface area contributed by atoms with Crippen molar-refractivity contribution in [1.29, 1.82) is 0 Å². The summed E-state index contributed by atoms with van der Waals surface area (Å²) in [5.41, 5.74) is 5.37. The van der Waals surface area contributed by atoms with E-state index in [-0.39, 0.29) is 28.8 Å². The van der Waals surface area contributed by atoms with Gasteiger partial charge in [-0.2, -0.15) is 0 Å². The number of fused-ring (bicyclic) bond motifs is 3. The summed E-state index contributed by atoms with van der Waals surface area (Å²) >= 11 is 0. The van der Waals surface area contributed by atoms with E-state index in [1.807, 2.05) is 0 Å². The van der Waals surface area contributed by atoms with Crippen molar-refractivity contribution in [3.05, 3.63) is 0 Å². The molecular formula is C24H40N2O7. The molecular weight excluding hydrogens is 428 g/mol. The van der Waals surface area contributed by atoms with Crippen molar-refractivity contribution in [2.24, 2.45) is 45.4 Å². The van der Waals surface area contributed by atoms with E-state index in [4.69, 9.17) is 30.4 Å². The number of aliphatic carboxylic acids is 2. The van der Waals surface area contributed by atoms with E-state index in [0.29, 0.717) is 30.8 Å². The number of ketones is 1. The third kappa shape index (κ3) is 6.12. The van der Waals surface area contributed by atoms with Gasteiger partial charge in [0.15, 0.2) is 0 Å². The minimum absolute atomic E-state index is 0.134. The molecule has 9 heteroatoms. The van der Waals surface area contributed by atoms with Gasteiger partial charge < -0.3 is 25.9 Å². The van der Waals surface area contributed by atoms with E-state index in [2.05, 4.69) is 25.9 Å². The van der Waals surface area contributed by atoms with Crippen LogP contribution in [0.25, 0.3) is 0 Å². The Bertz CT molecular complexity index is 730. The highest BCUT2D eigenvalue weighted by molar-refractivity contribution is 6.27. The van der Waals surface area contributed by atoms with Gasteiger partial charge in [0.1, 0.15) is 12.4 Å². The second kappa shape index (κ2) is 11.4. The summed E-state index contributed by atoms with van der Waals surface area (Å²) in [7, 11) is 0. The van der Waals surface area contributed by atoms with Gasteiger partial charge >= 0.3 is 11.9 Å². The molecule has 9 nitrogen and oxygen atoms in total.